The van der Waals surface area contributed by atoms with Gasteiger partial charge in [0.15, 0.2) is 0 Å². The molecule has 92 valence electrons. The average Bonchev–Trinajstić information content (AvgIpc) is 2.82. The predicted octanol–water partition coefficient (Wildman–Crippen LogP) is 3.99. The molecule has 0 spiro atoms. The molecule has 3 heteroatoms. The third-order valence-corrected chi connectivity index (χ3v) is 3.16. The van der Waals surface area contributed by atoms with Crippen molar-refractivity contribution in [3.8, 4) is 11.4 Å². The molecule has 0 radical (unpaired) electrons. The van der Waals surface area contributed by atoms with Crippen LogP contribution in [0.5, 0.6) is 0 Å². The van der Waals surface area contributed by atoms with Gasteiger partial charge in [0.2, 0.25) is 0 Å². The Morgan fingerprint density at radius 1 is 1.17 bits per heavy atom. The Hall–Kier alpha value is -2.16. The minimum atomic E-state index is 0. The largest absolute Gasteiger partial charge is 0.353 e. The average molecular weight is 239 g/mol. The van der Waals surface area contributed by atoms with E-state index in [1.807, 2.05) is 12.1 Å². The van der Waals surface area contributed by atoms with Crippen molar-refractivity contribution in [2.45, 2.75) is 19.8 Å². The number of hydrogen-bond acceptors (Lipinski definition) is 2. The van der Waals surface area contributed by atoms with Crippen LogP contribution in [0.15, 0.2) is 42.6 Å². The third kappa shape index (κ3) is 1.88. The minimum Gasteiger partial charge on any atom is -0.353 e. The Bertz CT molecular complexity index is 674. The molecule has 0 aliphatic carbocycles. The molecule has 0 aliphatic rings. The maximum atomic E-state index is 4.12. The first kappa shape index (κ1) is 11.0. The molecule has 3 rings (SSSR count). The molecule has 2 aromatic heterocycles. The van der Waals surface area contributed by atoms with E-state index in [1.54, 1.807) is 6.20 Å². The number of H-pyrrole nitrogens is 1. The van der Waals surface area contributed by atoms with Crippen molar-refractivity contribution in [1.29, 1.82) is 0 Å². The summed E-state index contributed by atoms with van der Waals surface area (Å²) in [5.74, 6) is 0.546. The SMILES string of the molecule is CC(C)c1ccc2[nH]c(-c3cccnn3)cc2c1.[HH]. The Morgan fingerprint density at radius 3 is 2.78 bits per heavy atom. The lowest BCUT2D eigenvalue weighted by Crippen LogP contribution is -1.85. The highest BCUT2D eigenvalue weighted by molar-refractivity contribution is 5.85. The molecule has 0 unspecified atom stereocenters. The van der Waals surface area contributed by atoms with Gasteiger partial charge in [0.25, 0.3) is 0 Å². The second-order valence-corrected chi connectivity index (χ2v) is 4.79. The number of aromatic nitrogens is 3. The predicted molar refractivity (Wildman–Crippen MR) is 75.5 cm³/mol. The molecule has 0 saturated heterocycles. The zero-order valence-corrected chi connectivity index (χ0v) is 10.5. The molecule has 0 atom stereocenters. The van der Waals surface area contributed by atoms with Crippen LogP contribution in [0.25, 0.3) is 22.3 Å². The van der Waals surface area contributed by atoms with E-state index in [1.165, 1.54) is 10.9 Å². The Labute approximate surface area is 107 Å². The number of benzene rings is 1. The van der Waals surface area contributed by atoms with E-state index in [2.05, 4.69) is 53.3 Å². The second kappa shape index (κ2) is 4.26. The van der Waals surface area contributed by atoms with Crippen molar-refractivity contribution >= 4 is 10.9 Å². The van der Waals surface area contributed by atoms with Crippen LogP contribution in [0.1, 0.15) is 26.8 Å². The van der Waals surface area contributed by atoms with Gasteiger partial charge in [-0.15, -0.1) is 5.10 Å². The second-order valence-electron chi connectivity index (χ2n) is 4.79. The van der Waals surface area contributed by atoms with E-state index in [9.17, 15) is 0 Å². The van der Waals surface area contributed by atoms with Crippen LogP contribution < -0.4 is 0 Å². The van der Waals surface area contributed by atoms with E-state index in [0.717, 1.165) is 16.9 Å². The van der Waals surface area contributed by atoms with Crippen LogP contribution in [0.4, 0.5) is 0 Å². The maximum Gasteiger partial charge on any atom is 0.109 e. The van der Waals surface area contributed by atoms with Gasteiger partial charge in [0.1, 0.15) is 5.69 Å². The zero-order valence-electron chi connectivity index (χ0n) is 10.5. The number of nitrogens with zero attached hydrogens (tertiary/aromatic N) is 2. The molecule has 1 aromatic carbocycles. The molecule has 1 N–H and O–H groups in total. The molecule has 0 amide bonds. The Kier molecular flexibility index (Phi) is 2.59. The van der Waals surface area contributed by atoms with Gasteiger partial charge in [-0.05, 0) is 41.8 Å². The highest BCUT2D eigenvalue weighted by atomic mass is 15.1. The van der Waals surface area contributed by atoms with Crippen LogP contribution in [0.2, 0.25) is 0 Å². The zero-order chi connectivity index (χ0) is 12.5. The smallest absolute Gasteiger partial charge is 0.109 e. The summed E-state index contributed by atoms with van der Waals surface area (Å²) in [5, 5.41) is 9.25. The Balaban J connectivity index is 0.00000133. The van der Waals surface area contributed by atoms with E-state index in [4.69, 9.17) is 0 Å². The first-order valence-corrected chi connectivity index (χ1v) is 6.15. The van der Waals surface area contributed by atoms with Crippen molar-refractivity contribution in [3.05, 3.63) is 48.2 Å². The van der Waals surface area contributed by atoms with Crippen molar-refractivity contribution in [2.75, 3.05) is 0 Å². The number of hydrogen-bond donors (Lipinski definition) is 1. The molecule has 0 saturated carbocycles. The monoisotopic (exact) mass is 239 g/mol. The fraction of sp³-hybridized carbons (Fsp3) is 0.200. The summed E-state index contributed by atoms with van der Waals surface area (Å²) in [6.45, 7) is 4.41. The van der Waals surface area contributed by atoms with E-state index >= 15 is 0 Å². The summed E-state index contributed by atoms with van der Waals surface area (Å²) in [6.07, 6.45) is 1.68. The standard InChI is InChI=1S/C15H15N3.H2/c1-10(2)11-5-6-13-12(8-11)9-15(17-13)14-4-3-7-16-18-14;/h3-10,17H,1-2H3;1H. The lowest BCUT2D eigenvalue weighted by molar-refractivity contribution is 0.869. The fourth-order valence-corrected chi connectivity index (χ4v) is 2.09. The number of rotatable bonds is 2. The van der Waals surface area contributed by atoms with E-state index in [0.29, 0.717) is 5.92 Å². The van der Waals surface area contributed by atoms with Gasteiger partial charge in [-0.25, -0.2) is 0 Å². The lowest BCUT2D eigenvalue weighted by atomic mass is 10.0. The van der Waals surface area contributed by atoms with Crippen molar-refractivity contribution in [2.24, 2.45) is 0 Å². The van der Waals surface area contributed by atoms with Crippen molar-refractivity contribution < 1.29 is 1.43 Å². The summed E-state index contributed by atoms with van der Waals surface area (Å²) in [5.41, 5.74) is 4.38. The normalized spacial score (nSPS) is 11.3. The number of aromatic amines is 1. The molecule has 18 heavy (non-hydrogen) atoms. The molecule has 3 nitrogen and oxygen atoms in total. The van der Waals surface area contributed by atoms with Crippen LogP contribution >= 0.6 is 0 Å². The van der Waals surface area contributed by atoms with Crippen LogP contribution in [-0.4, -0.2) is 15.2 Å². The summed E-state index contributed by atoms with van der Waals surface area (Å²) < 4.78 is 0. The van der Waals surface area contributed by atoms with Gasteiger partial charge in [-0.1, -0.05) is 19.9 Å². The van der Waals surface area contributed by atoms with E-state index < -0.39 is 0 Å². The summed E-state index contributed by atoms with van der Waals surface area (Å²) in [4.78, 5) is 3.38. The molecule has 2 heterocycles. The molecule has 3 aromatic rings. The molecule has 0 bridgehead atoms. The molecule has 0 fully saturated rings. The lowest BCUT2D eigenvalue weighted by Gasteiger charge is -2.03. The summed E-state index contributed by atoms with van der Waals surface area (Å²) >= 11 is 0. The van der Waals surface area contributed by atoms with Gasteiger partial charge in [-0.2, -0.15) is 5.10 Å². The molecular weight excluding hydrogens is 222 g/mol. The first-order valence-electron chi connectivity index (χ1n) is 6.15. The number of fused-ring (bicyclic) bond motifs is 1. The van der Waals surface area contributed by atoms with Gasteiger partial charge < -0.3 is 4.98 Å². The van der Waals surface area contributed by atoms with Crippen LogP contribution in [0.3, 0.4) is 0 Å². The van der Waals surface area contributed by atoms with Crippen LogP contribution in [0, 0.1) is 0 Å². The van der Waals surface area contributed by atoms with Crippen molar-refractivity contribution in [1.82, 2.24) is 15.2 Å². The summed E-state index contributed by atoms with van der Waals surface area (Å²) in [7, 11) is 0. The van der Waals surface area contributed by atoms with Gasteiger partial charge in [0.05, 0.1) is 5.69 Å². The summed E-state index contributed by atoms with van der Waals surface area (Å²) in [6, 6.07) is 12.5. The van der Waals surface area contributed by atoms with Gasteiger partial charge in [-0.3, -0.25) is 0 Å². The van der Waals surface area contributed by atoms with Gasteiger partial charge in [0, 0.05) is 18.5 Å². The highest BCUT2D eigenvalue weighted by Gasteiger charge is 2.06. The minimum absolute atomic E-state index is 0. The quantitative estimate of drug-likeness (QED) is 0.734. The van der Waals surface area contributed by atoms with Crippen molar-refractivity contribution in [3.63, 3.8) is 0 Å². The van der Waals surface area contributed by atoms with Gasteiger partial charge >= 0.3 is 0 Å². The van der Waals surface area contributed by atoms with E-state index in [-0.39, 0.29) is 1.43 Å². The molecular formula is C15H17N3. The third-order valence-electron chi connectivity index (χ3n) is 3.16. The topological polar surface area (TPSA) is 41.6 Å². The highest BCUT2D eigenvalue weighted by Crippen LogP contribution is 2.25. The Morgan fingerprint density at radius 2 is 2.06 bits per heavy atom. The fourth-order valence-electron chi connectivity index (χ4n) is 2.09. The molecule has 0 aliphatic heterocycles. The first-order chi connectivity index (χ1) is 8.74. The number of nitrogens with one attached hydrogen (secondary N) is 1. The van der Waals surface area contributed by atoms with Crippen LogP contribution in [-0.2, 0) is 0 Å². The maximum absolute atomic E-state index is 4.12.